The van der Waals surface area contributed by atoms with Gasteiger partial charge in [0.15, 0.2) is 5.16 Å². The van der Waals surface area contributed by atoms with E-state index >= 15 is 0 Å². The van der Waals surface area contributed by atoms with Gasteiger partial charge in [0.05, 0.1) is 5.75 Å². The number of rotatable bonds is 5. The topological polar surface area (TPSA) is 80.0 Å². The first-order valence-electron chi connectivity index (χ1n) is 8.54. The third-order valence-corrected chi connectivity index (χ3v) is 5.61. The predicted molar refractivity (Wildman–Crippen MR) is 94.5 cm³/mol. The van der Waals surface area contributed by atoms with Gasteiger partial charge in [-0.05, 0) is 18.9 Å². The second-order valence-electron chi connectivity index (χ2n) is 6.38. The van der Waals surface area contributed by atoms with Gasteiger partial charge in [0.25, 0.3) is 0 Å². The van der Waals surface area contributed by atoms with Crippen LogP contribution in [0.2, 0.25) is 0 Å². The van der Waals surface area contributed by atoms with Gasteiger partial charge in [0, 0.05) is 51.5 Å². The molecule has 2 fully saturated rings. The van der Waals surface area contributed by atoms with Crippen LogP contribution in [0.4, 0.5) is 5.95 Å². The molecule has 0 aromatic carbocycles. The first-order chi connectivity index (χ1) is 12.2. The van der Waals surface area contributed by atoms with E-state index in [1.807, 2.05) is 22.6 Å². The smallest absolute Gasteiger partial charge is 0.233 e. The maximum Gasteiger partial charge on any atom is 0.233 e. The van der Waals surface area contributed by atoms with E-state index in [9.17, 15) is 4.79 Å². The van der Waals surface area contributed by atoms with Crippen molar-refractivity contribution in [3.05, 3.63) is 24.3 Å². The molecule has 2 aliphatic rings. The minimum absolute atomic E-state index is 0.148. The quantitative estimate of drug-likeness (QED) is 0.735. The number of piperazine rings is 1. The minimum Gasteiger partial charge on any atom is -0.338 e. The zero-order valence-corrected chi connectivity index (χ0v) is 15.0. The molecule has 1 saturated carbocycles. The molecular weight excluding hydrogens is 338 g/mol. The molecule has 9 heteroatoms. The first kappa shape index (κ1) is 16.3. The van der Waals surface area contributed by atoms with Crippen LogP contribution in [0.5, 0.6) is 0 Å². The summed E-state index contributed by atoms with van der Waals surface area (Å²) in [5.74, 6) is 2.89. The average molecular weight is 359 g/mol. The van der Waals surface area contributed by atoms with E-state index in [4.69, 9.17) is 0 Å². The third kappa shape index (κ3) is 3.60. The number of hydrogen-bond donors (Lipinski definition) is 0. The second-order valence-corrected chi connectivity index (χ2v) is 7.32. The van der Waals surface area contributed by atoms with E-state index in [0.717, 1.165) is 30.0 Å². The van der Waals surface area contributed by atoms with E-state index in [2.05, 4.69) is 25.1 Å². The fourth-order valence-electron chi connectivity index (χ4n) is 2.98. The van der Waals surface area contributed by atoms with Crippen LogP contribution in [0.3, 0.4) is 0 Å². The van der Waals surface area contributed by atoms with Gasteiger partial charge < -0.3 is 14.4 Å². The van der Waals surface area contributed by atoms with Crippen LogP contribution in [0.1, 0.15) is 24.6 Å². The lowest BCUT2D eigenvalue weighted by Crippen LogP contribution is -2.49. The molecule has 8 nitrogen and oxygen atoms in total. The fourth-order valence-corrected chi connectivity index (χ4v) is 3.80. The van der Waals surface area contributed by atoms with Gasteiger partial charge in [-0.2, -0.15) is 0 Å². The van der Waals surface area contributed by atoms with Crippen LogP contribution in [0.25, 0.3) is 0 Å². The second kappa shape index (κ2) is 6.99. The normalized spacial score (nSPS) is 17.8. The Balaban J connectivity index is 1.28. The van der Waals surface area contributed by atoms with Crippen LogP contribution in [-0.4, -0.2) is 67.5 Å². The van der Waals surface area contributed by atoms with E-state index < -0.39 is 0 Å². The Kier molecular flexibility index (Phi) is 4.56. The summed E-state index contributed by atoms with van der Waals surface area (Å²) in [7, 11) is 1.99. The molecule has 2 aromatic heterocycles. The number of aromatic nitrogens is 5. The molecule has 0 unspecified atom stereocenters. The lowest BCUT2D eigenvalue weighted by molar-refractivity contribution is -0.128. The Morgan fingerprint density at radius 1 is 1.16 bits per heavy atom. The molecule has 1 amide bonds. The highest BCUT2D eigenvalue weighted by Crippen LogP contribution is 2.39. The van der Waals surface area contributed by atoms with Crippen molar-refractivity contribution in [1.29, 1.82) is 0 Å². The monoisotopic (exact) mass is 359 g/mol. The van der Waals surface area contributed by atoms with E-state index in [0.29, 0.717) is 24.8 Å². The largest absolute Gasteiger partial charge is 0.338 e. The lowest BCUT2D eigenvalue weighted by atomic mass is 10.3. The Morgan fingerprint density at radius 2 is 1.88 bits per heavy atom. The molecule has 132 valence electrons. The van der Waals surface area contributed by atoms with Crippen molar-refractivity contribution >= 4 is 23.6 Å². The number of nitrogens with zero attached hydrogens (tertiary/aromatic N) is 7. The molecule has 3 heterocycles. The Hall–Kier alpha value is -2.16. The number of amides is 1. The number of anilines is 1. The van der Waals surface area contributed by atoms with Crippen molar-refractivity contribution in [3.8, 4) is 0 Å². The average Bonchev–Trinajstić information content (AvgIpc) is 3.44. The number of hydrogen-bond acceptors (Lipinski definition) is 7. The van der Waals surface area contributed by atoms with Gasteiger partial charge in [0.2, 0.25) is 11.9 Å². The molecule has 1 aliphatic heterocycles. The van der Waals surface area contributed by atoms with Gasteiger partial charge in [-0.3, -0.25) is 4.79 Å². The van der Waals surface area contributed by atoms with E-state index in [1.165, 1.54) is 24.6 Å². The minimum atomic E-state index is 0.148. The SMILES string of the molecule is Cn1c(SCC(=O)N2CCN(c3ncccn3)CC2)nnc1C1CC1. The fraction of sp³-hybridized carbons (Fsp3) is 0.562. The van der Waals surface area contributed by atoms with Crippen LogP contribution in [-0.2, 0) is 11.8 Å². The summed E-state index contributed by atoms with van der Waals surface area (Å²) in [6.45, 7) is 2.92. The maximum absolute atomic E-state index is 12.5. The molecule has 4 rings (SSSR count). The highest BCUT2D eigenvalue weighted by molar-refractivity contribution is 7.99. The zero-order chi connectivity index (χ0) is 17.2. The Labute approximate surface area is 150 Å². The van der Waals surface area contributed by atoms with Gasteiger partial charge in [-0.25, -0.2) is 9.97 Å². The molecule has 0 spiro atoms. The van der Waals surface area contributed by atoms with Gasteiger partial charge in [-0.1, -0.05) is 11.8 Å². The molecule has 0 bridgehead atoms. The van der Waals surface area contributed by atoms with Crippen LogP contribution >= 0.6 is 11.8 Å². The highest BCUT2D eigenvalue weighted by Gasteiger charge is 2.29. The molecule has 1 aliphatic carbocycles. The standard InChI is InChI=1S/C16H21N7OS/c1-21-14(12-3-4-12)19-20-16(21)25-11-13(24)22-7-9-23(10-8-22)15-17-5-2-6-18-15/h2,5-6,12H,3-4,7-11H2,1H3. The molecule has 0 N–H and O–H groups in total. The molecule has 0 radical (unpaired) electrons. The van der Waals surface area contributed by atoms with Crippen molar-refractivity contribution in [3.63, 3.8) is 0 Å². The van der Waals surface area contributed by atoms with Crippen LogP contribution in [0, 0.1) is 0 Å². The summed E-state index contributed by atoms with van der Waals surface area (Å²) in [5.41, 5.74) is 0. The van der Waals surface area contributed by atoms with Crippen molar-refractivity contribution < 1.29 is 4.79 Å². The summed E-state index contributed by atoms with van der Waals surface area (Å²) >= 11 is 1.47. The third-order valence-electron chi connectivity index (χ3n) is 4.60. The zero-order valence-electron chi connectivity index (χ0n) is 14.2. The summed E-state index contributed by atoms with van der Waals surface area (Å²) < 4.78 is 2.03. The molecule has 2 aromatic rings. The first-order valence-corrected chi connectivity index (χ1v) is 9.53. The van der Waals surface area contributed by atoms with Crippen LogP contribution < -0.4 is 4.90 Å². The van der Waals surface area contributed by atoms with E-state index in [-0.39, 0.29) is 5.91 Å². The number of carbonyl (C=O) groups is 1. The Bertz CT molecular complexity index is 738. The van der Waals surface area contributed by atoms with E-state index in [1.54, 1.807) is 12.4 Å². The summed E-state index contributed by atoms with van der Waals surface area (Å²) in [4.78, 5) is 25.0. The maximum atomic E-state index is 12.5. The summed E-state index contributed by atoms with van der Waals surface area (Å²) in [6, 6.07) is 1.81. The molecule has 25 heavy (non-hydrogen) atoms. The predicted octanol–water partition coefficient (Wildman–Crippen LogP) is 0.923. The van der Waals surface area contributed by atoms with Gasteiger partial charge in [-0.15, -0.1) is 10.2 Å². The van der Waals surface area contributed by atoms with Crippen molar-refractivity contribution in [1.82, 2.24) is 29.6 Å². The molecular formula is C16H21N7OS. The molecule has 0 atom stereocenters. The van der Waals surface area contributed by atoms with Crippen molar-refractivity contribution in [2.75, 3.05) is 36.8 Å². The van der Waals surface area contributed by atoms with Crippen molar-refractivity contribution in [2.45, 2.75) is 23.9 Å². The van der Waals surface area contributed by atoms with Crippen molar-refractivity contribution in [2.24, 2.45) is 7.05 Å². The number of carbonyl (C=O) groups excluding carboxylic acids is 1. The van der Waals surface area contributed by atoms with Crippen LogP contribution in [0.15, 0.2) is 23.6 Å². The van der Waals surface area contributed by atoms with Gasteiger partial charge in [0.1, 0.15) is 5.82 Å². The number of thioether (sulfide) groups is 1. The summed E-state index contributed by atoms with van der Waals surface area (Å²) in [6.07, 6.45) is 5.89. The summed E-state index contributed by atoms with van der Waals surface area (Å²) in [5, 5.41) is 9.31. The van der Waals surface area contributed by atoms with Gasteiger partial charge >= 0.3 is 0 Å². The molecule has 1 saturated heterocycles. The Morgan fingerprint density at radius 3 is 2.56 bits per heavy atom. The highest BCUT2D eigenvalue weighted by atomic mass is 32.2. The lowest BCUT2D eigenvalue weighted by Gasteiger charge is -2.34.